The van der Waals surface area contributed by atoms with Gasteiger partial charge in [-0.1, -0.05) is 4.13 Å². The molecule has 0 rings (SSSR count). The van der Waals surface area contributed by atoms with Crippen LogP contribution < -0.4 is 4.13 Å². The van der Waals surface area contributed by atoms with Gasteiger partial charge in [0, 0.05) is 6.92 Å². The molecule has 0 unspecified atom stereocenters. The van der Waals surface area contributed by atoms with Crippen LogP contribution in [-0.4, -0.2) is 39.4 Å². The molecule has 0 bridgehead atoms. The fourth-order valence-corrected chi connectivity index (χ4v) is 3.41. The molecule has 0 fully saturated rings. The zero-order valence-corrected chi connectivity index (χ0v) is 11.0. The molecule has 0 heterocycles. The lowest BCUT2D eigenvalue weighted by Gasteiger charge is -2.25. The van der Waals surface area contributed by atoms with Gasteiger partial charge in [-0.25, -0.2) is 16.8 Å². The van der Waals surface area contributed by atoms with Gasteiger partial charge in [0.15, 0.2) is 0 Å². The molecule has 0 saturated heterocycles. The van der Waals surface area contributed by atoms with Gasteiger partial charge in [0.25, 0.3) is 20.0 Å². The molecule has 1 N–H and O–H groups in total. The zero-order valence-electron chi connectivity index (χ0n) is 9.35. The smallest absolute Gasteiger partial charge is 0.205 e. The molecule has 5 nitrogen and oxygen atoms in total. The molecular formula is C5H4F9NO4S2. The Kier molecular flexibility index (Phi) is 4.69. The summed E-state index contributed by atoms with van der Waals surface area (Å²) in [7, 11) is -14.4. The molecule has 0 aromatic heterocycles. The normalized spacial score (nSPS) is 16.1. The number of rotatable bonds is 5. The van der Waals surface area contributed by atoms with Crippen LogP contribution in [0.2, 0.25) is 0 Å². The van der Waals surface area contributed by atoms with E-state index in [1.54, 1.807) is 0 Å². The lowest BCUT2D eigenvalue weighted by atomic mass is 10.4. The molecule has 16 heteroatoms. The summed E-state index contributed by atoms with van der Waals surface area (Å²) in [6, 6.07) is 0. The van der Waals surface area contributed by atoms with Gasteiger partial charge >= 0.3 is 22.6 Å². The maximum Gasteiger partial charge on any atom is 0.471 e. The minimum atomic E-state index is -7.33. The molecule has 0 saturated carbocycles. The fourth-order valence-electron chi connectivity index (χ4n) is 0.637. The van der Waals surface area contributed by atoms with Crippen molar-refractivity contribution in [1.82, 2.24) is 4.13 Å². The third-order valence-electron chi connectivity index (χ3n) is 1.74. The van der Waals surface area contributed by atoms with Gasteiger partial charge in [-0.2, -0.15) is 39.5 Å². The number of sulfonamides is 2. The molecule has 0 aliphatic rings. The molecule has 128 valence electrons. The molecule has 0 aromatic carbocycles. The maximum absolute atomic E-state index is 12.7. The van der Waals surface area contributed by atoms with E-state index in [0.717, 1.165) is 0 Å². The Labute approximate surface area is 111 Å². The summed E-state index contributed by atoms with van der Waals surface area (Å²) in [4.78, 5) is 0. The topological polar surface area (TPSA) is 80.3 Å². The number of hydrogen-bond donors (Lipinski definition) is 1. The van der Waals surface area contributed by atoms with Crippen LogP contribution in [-0.2, 0) is 20.0 Å². The molecule has 0 aromatic rings. The van der Waals surface area contributed by atoms with Crippen LogP contribution in [0.5, 0.6) is 0 Å². The van der Waals surface area contributed by atoms with Crippen molar-refractivity contribution in [2.75, 3.05) is 0 Å². The van der Waals surface area contributed by atoms with Gasteiger partial charge in [0.2, 0.25) is 0 Å². The average molecular weight is 377 g/mol. The predicted octanol–water partition coefficient (Wildman–Crippen LogP) is 1.64. The second kappa shape index (κ2) is 4.87. The maximum atomic E-state index is 12.7. The highest BCUT2D eigenvalue weighted by Gasteiger charge is 2.71. The van der Waals surface area contributed by atoms with Crippen molar-refractivity contribution in [3.63, 3.8) is 0 Å². The minimum absolute atomic E-state index is 0.721. The van der Waals surface area contributed by atoms with Gasteiger partial charge in [-0.05, 0) is 0 Å². The van der Waals surface area contributed by atoms with Crippen LogP contribution in [0.1, 0.15) is 6.92 Å². The van der Waals surface area contributed by atoms with Crippen molar-refractivity contribution in [2.45, 2.75) is 29.5 Å². The van der Waals surface area contributed by atoms with E-state index < -0.39 is 53.7 Å². The van der Waals surface area contributed by atoms with Crippen LogP contribution in [0.15, 0.2) is 0 Å². The quantitative estimate of drug-likeness (QED) is 0.739. The highest BCUT2D eigenvalue weighted by Crippen LogP contribution is 2.42. The summed E-state index contributed by atoms with van der Waals surface area (Å²) < 4.78 is 152. The molecule has 0 spiro atoms. The number of nitrogens with one attached hydrogen (secondary N) is 1. The monoisotopic (exact) mass is 377 g/mol. The van der Waals surface area contributed by atoms with Gasteiger partial charge in [0.1, 0.15) is 0 Å². The highest BCUT2D eigenvalue weighted by molar-refractivity contribution is 8.05. The second-order valence-corrected chi connectivity index (χ2v) is 7.22. The van der Waals surface area contributed by atoms with Gasteiger partial charge in [-0.3, -0.25) is 0 Å². The van der Waals surface area contributed by atoms with E-state index in [2.05, 4.69) is 0 Å². The van der Waals surface area contributed by atoms with Crippen molar-refractivity contribution < 1.29 is 56.3 Å². The number of hydrogen-bond acceptors (Lipinski definition) is 4. The van der Waals surface area contributed by atoms with E-state index in [1.807, 2.05) is 0 Å². The SMILES string of the molecule is CC(F)(F)C(F)(F)S(=O)(=O)NS(=O)(=O)C(F)(F)C(F)(F)F. The lowest BCUT2D eigenvalue weighted by Crippen LogP contribution is -2.57. The third kappa shape index (κ3) is 3.36. The molecule has 0 amide bonds. The first-order valence-corrected chi connectivity index (χ1v) is 7.15. The Bertz CT molecular complexity index is 545. The van der Waals surface area contributed by atoms with Crippen molar-refractivity contribution in [2.24, 2.45) is 0 Å². The van der Waals surface area contributed by atoms with Crippen molar-refractivity contribution in [3.8, 4) is 0 Å². The van der Waals surface area contributed by atoms with E-state index in [-0.39, 0.29) is 0 Å². The summed E-state index contributed by atoms with van der Waals surface area (Å²) in [5, 5.41) is -13.1. The van der Waals surface area contributed by atoms with E-state index in [0.29, 0.717) is 0 Å². The van der Waals surface area contributed by atoms with E-state index in [1.165, 1.54) is 0 Å². The van der Waals surface area contributed by atoms with Gasteiger partial charge in [0.05, 0.1) is 0 Å². The minimum Gasteiger partial charge on any atom is -0.205 e. The standard InChI is InChI=1S/C5H4F9NO4S2/c1-2(6,7)4(11,12)20(16,17)15-21(18,19)5(13,14)3(8,9)10/h15H,1H3. The molecule has 0 aliphatic carbocycles. The summed E-state index contributed by atoms with van der Waals surface area (Å²) >= 11 is 0. The number of halogens is 9. The van der Waals surface area contributed by atoms with Crippen LogP contribution in [0.4, 0.5) is 39.5 Å². The summed E-state index contributed by atoms with van der Waals surface area (Å²) in [5.41, 5.74) is 0. The summed E-state index contributed by atoms with van der Waals surface area (Å²) in [6.07, 6.45) is -6.88. The Hall–Kier alpha value is -0.770. The molecule has 21 heavy (non-hydrogen) atoms. The Morgan fingerprint density at radius 1 is 0.667 bits per heavy atom. The molecular weight excluding hydrogens is 373 g/mol. The third-order valence-corrected chi connectivity index (χ3v) is 5.43. The van der Waals surface area contributed by atoms with Crippen molar-refractivity contribution >= 4 is 20.0 Å². The second-order valence-electron chi connectivity index (χ2n) is 3.51. The Morgan fingerprint density at radius 2 is 0.952 bits per heavy atom. The molecule has 0 atom stereocenters. The van der Waals surface area contributed by atoms with Gasteiger partial charge in [-0.15, -0.1) is 0 Å². The number of alkyl halides is 9. The summed E-state index contributed by atoms with van der Waals surface area (Å²) in [5.74, 6) is -5.47. The largest absolute Gasteiger partial charge is 0.471 e. The first kappa shape index (κ1) is 20.2. The van der Waals surface area contributed by atoms with E-state index in [4.69, 9.17) is 0 Å². The highest BCUT2D eigenvalue weighted by atomic mass is 32.3. The lowest BCUT2D eigenvalue weighted by molar-refractivity contribution is -0.241. The van der Waals surface area contributed by atoms with Crippen molar-refractivity contribution in [3.05, 3.63) is 0 Å². The average Bonchev–Trinajstić information content (AvgIpc) is 2.11. The van der Waals surface area contributed by atoms with Crippen LogP contribution in [0.25, 0.3) is 0 Å². The Morgan fingerprint density at radius 3 is 1.19 bits per heavy atom. The first-order chi connectivity index (χ1) is 8.71. The van der Waals surface area contributed by atoms with E-state index >= 15 is 0 Å². The Balaban J connectivity index is 5.91. The zero-order chi connectivity index (χ0) is 17.7. The molecule has 0 aliphatic heterocycles. The van der Waals surface area contributed by atoms with Crippen LogP contribution >= 0.6 is 0 Å². The van der Waals surface area contributed by atoms with Gasteiger partial charge < -0.3 is 0 Å². The first-order valence-electron chi connectivity index (χ1n) is 4.18. The van der Waals surface area contributed by atoms with E-state index in [9.17, 15) is 56.3 Å². The molecule has 0 radical (unpaired) electrons. The van der Waals surface area contributed by atoms with Crippen molar-refractivity contribution in [1.29, 1.82) is 0 Å². The fraction of sp³-hybridized carbons (Fsp3) is 1.00. The summed E-state index contributed by atoms with van der Waals surface area (Å²) in [6.45, 7) is -0.721. The van der Waals surface area contributed by atoms with Crippen LogP contribution in [0, 0.1) is 0 Å². The predicted molar refractivity (Wildman–Crippen MR) is 47.5 cm³/mol. The van der Waals surface area contributed by atoms with Crippen LogP contribution in [0.3, 0.4) is 0 Å².